The topological polar surface area (TPSA) is 86.5 Å². The average Bonchev–Trinajstić information content (AvgIpc) is 3.20. The molecule has 0 spiro atoms. The number of carbonyl (C=O) groups excluding carboxylic acids is 1. The van der Waals surface area contributed by atoms with Gasteiger partial charge in [0.15, 0.2) is 11.5 Å². The van der Waals surface area contributed by atoms with Gasteiger partial charge in [0.05, 0.1) is 13.7 Å². The Labute approximate surface area is 176 Å². The molecule has 1 aromatic heterocycles. The highest BCUT2D eigenvalue weighted by Gasteiger charge is 2.13. The Bertz CT molecular complexity index is 1010. The standard InChI is InChI=1S/C23H27N3O4/c1-5-29-19-12-10-17(14-20(19)28-4)23-25-22(30-26-23)8-6-7-21(27)24-18-11-9-15(2)16(3)13-18/h9-14H,5-8H2,1-4H3,(H,24,27). The summed E-state index contributed by atoms with van der Waals surface area (Å²) in [6.45, 7) is 6.54. The molecule has 0 bridgehead atoms. The van der Waals surface area contributed by atoms with Crippen LogP contribution in [0.3, 0.4) is 0 Å². The van der Waals surface area contributed by atoms with Crippen molar-refractivity contribution in [1.29, 1.82) is 0 Å². The minimum absolute atomic E-state index is 0.0331. The van der Waals surface area contributed by atoms with Gasteiger partial charge in [0, 0.05) is 24.1 Å². The summed E-state index contributed by atoms with van der Waals surface area (Å²) in [4.78, 5) is 16.6. The second-order valence-electron chi connectivity index (χ2n) is 7.01. The molecule has 0 aliphatic carbocycles. The molecule has 0 aliphatic rings. The van der Waals surface area contributed by atoms with E-state index in [1.165, 1.54) is 5.56 Å². The van der Waals surface area contributed by atoms with Crippen molar-refractivity contribution in [3.05, 3.63) is 53.4 Å². The predicted octanol–water partition coefficient (Wildman–Crippen LogP) is 4.72. The zero-order valence-electron chi connectivity index (χ0n) is 17.8. The maximum Gasteiger partial charge on any atom is 0.226 e. The van der Waals surface area contributed by atoms with E-state index in [-0.39, 0.29) is 5.91 Å². The number of nitrogens with one attached hydrogen (secondary N) is 1. The molecule has 1 heterocycles. The van der Waals surface area contributed by atoms with Crippen molar-refractivity contribution in [2.75, 3.05) is 19.0 Å². The monoisotopic (exact) mass is 409 g/mol. The normalized spacial score (nSPS) is 10.7. The van der Waals surface area contributed by atoms with Gasteiger partial charge >= 0.3 is 0 Å². The highest BCUT2D eigenvalue weighted by atomic mass is 16.5. The van der Waals surface area contributed by atoms with E-state index in [1.807, 2.05) is 57.2 Å². The number of amides is 1. The third-order valence-electron chi connectivity index (χ3n) is 4.77. The second kappa shape index (κ2) is 9.91. The number of aromatic nitrogens is 2. The minimum atomic E-state index is -0.0331. The van der Waals surface area contributed by atoms with Crippen molar-refractivity contribution < 1.29 is 18.8 Å². The van der Waals surface area contributed by atoms with Crippen LogP contribution in [0.25, 0.3) is 11.4 Å². The van der Waals surface area contributed by atoms with E-state index in [4.69, 9.17) is 14.0 Å². The molecule has 2 aromatic carbocycles. The molecule has 0 saturated carbocycles. The molecule has 1 amide bonds. The lowest BCUT2D eigenvalue weighted by Crippen LogP contribution is -2.11. The van der Waals surface area contributed by atoms with Gasteiger partial charge in [-0.05, 0) is 68.7 Å². The molecule has 0 saturated heterocycles. The van der Waals surface area contributed by atoms with Crippen molar-refractivity contribution in [1.82, 2.24) is 10.1 Å². The summed E-state index contributed by atoms with van der Waals surface area (Å²) < 4.78 is 16.2. The van der Waals surface area contributed by atoms with Crippen LogP contribution >= 0.6 is 0 Å². The molecule has 7 nitrogen and oxygen atoms in total. The number of nitrogens with zero attached hydrogens (tertiary/aromatic N) is 2. The molecule has 0 radical (unpaired) electrons. The maximum atomic E-state index is 12.2. The van der Waals surface area contributed by atoms with E-state index in [0.29, 0.717) is 49.1 Å². The molecule has 3 rings (SSSR count). The number of benzene rings is 2. The third-order valence-corrected chi connectivity index (χ3v) is 4.77. The molecule has 30 heavy (non-hydrogen) atoms. The van der Waals surface area contributed by atoms with Gasteiger partial charge in [-0.2, -0.15) is 4.98 Å². The summed E-state index contributed by atoms with van der Waals surface area (Å²) in [6, 6.07) is 11.4. The zero-order chi connectivity index (χ0) is 21.5. The van der Waals surface area contributed by atoms with Crippen molar-refractivity contribution >= 4 is 11.6 Å². The maximum absolute atomic E-state index is 12.2. The molecule has 0 aliphatic heterocycles. The van der Waals surface area contributed by atoms with Crippen molar-refractivity contribution in [3.63, 3.8) is 0 Å². The summed E-state index contributed by atoms with van der Waals surface area (Å²) in [5, 5.41) is 6.96. The first-order chi connectivity index (χ1) is 14.5. The predicted molar refractivity (Wildman–Crippen MR) is 115 cm³/mol. The van der Waals surface area contributed by atoms with Crippen LogP contribution in [0.4, 0.5) is 5.69 Å². The number of methoxy groups -OCH3 is 1. The van der Waals surface area contributed by atoms with Gasteiger partial charge < -0.3 is 19.3 Å². The van der Waals surface area contributed by atoms with Crippen LogP contribution in [0.2, 0.25) is 0 Å². The lowest BCUT2D eigenvalue weighted by Gasteiger charge is -2.09. The van der Waals surface area contributed by atoms with Gasteiger partial charge in [-0.1, -0.05) is 11.2 Å². The number of aryl methyl sites for hydroxylation is 3. The molecule has 158 valence electrons. The quantitative estimate of drug-likeness (QED) is 0.550. The summed E-state index contributed by atoms with van der Waals surface area (Å²) in [5.41, 5.74) is 3.94. The van der Waals surface area contributed by atoms with Crippen LogP contribution < -0.4 is 14.8 Å². The Balaban J connectivity index is 1.54. The van der Waals surface area contributed by atoms with Crippen LogP contribution in [-0.2, 0) is 11.2 Å². The Kier molecular flexibility index (Phi) is 7.06. The van der Waals surface area contributed by atoms with E-state index in [2.05, 4.69) is 15.5 Å². The molecule has 3 aromatic rings. The van der Waals surface area contributed by atoms with E-state index in [9.17, 15) is 4.79 Å². The fourth-order valence-electron chi connectivity index (χ4n) is 3.00. The zero-order valence-corrected chi connectivity index (χ0v) is 17.8. The third kappa shape index (κ3) is 5.37. The van der Waals surface area contributed by atoms with Gasteiger partial charge in [-0.3, -0.25) is 4.79 Å². The minimum Gasteiger partial charge on any atom is -0.493 e. The molecular formula is C23H27N3O4. The largest absolute Gasteiger partial charge is 0.493 e. The number of anilines is 1. The number of hydrogen-bond donors (Lipinski definition) is 1. The average molecular weight is 409 g/mol. The van der Waals surface area contributed by atoms with Crippen LogP contribution in [0.5, 0.6) is 11.5 Å². The first kappa shape index (κ1) is 21.4. The molecule has 1 N–H and O–H groups in total. The lowest BCUT2D eigenvalue weighted by molar-refractivity contribution is -0.116. The van der Waals surface area contributed by atoms with Crippen LogP contribution in [0, 0.1) is 13.8 Å². The Hall–Kier alpha value is -3.35. The molecule has 0 fully saturated rings. The van der Waals surface area contributed by atoms with Crippen molar-refractivity contribution in [2.24, 2.45) is 0 Å². The summed E-state index contributed by atoms with van der Waals surface area (Å²) in [5.74, 6) is 2.22. The van der Waals surface area contributed by atoms with Gasteiger partial charge in [0.25, 0.3) is 0 Å². The molecular weight excluding hydrogens is 382 g/mol. The Morgan fingerprint density at radius 2 is 1.93 bits per heavy atom. The smallest absolute Gasteiger partial charge is 0.226 e. The SMILES string of the molecule is CCOc1ccc(-c2noc(CCCC(=O)Nc3ccc(C)c(C)c3)n2)cc1OC. The van der Waals surface area contributed by atoms with Crippen LogP contribution in [0.1, 0.15) is 36.8 Å². The molecule has 0 atom stereocenters. The summed E-state index contributed by atoms with van der Waals surface area (Å²) in [7, 11) is 1.59. The number of hydrogen-bond acceptors (Lipinski definition) is 6. The summed E-state index contributed by atoms with van der Waals surface area (Å²) >= 11 is 0. The molecule has 7 heteroatoms. The van der Waals surface area contributed by atoms with E-state index in [1.54, 1.807) is 7.11 Å². The van der Waals surface area contributed by atoms with Gasteiger partial charge in [-0.15, -0.1) is 0 Å². The Morgan fingerprint density at radius 3 is 2.67 bits per heavy atom. The van der Waals surface area contributed by atoms with Crippen molar-refractivity contribution in [2.45, 2.75) is 40.0 Å². The highest BCUT2D eigenvalue weighted by Crippen LogP contribution is 2.31. The van der Waals surface area contributed by atoms with Gasteiger partial charge in [0.1, 0.15) is 0 Å². The van der Waals surface area contributed by atoms with E-state index in [0.717, 1.165) is 16.8 Å². The number of rotatable bonds is 9. The van der Waals surface area contributed by atoms with Crippen molar-refractivity contribution in [3.8, 4) is 22.9 Å². The highest BCUT2D eigenvalue weighted by molar-refractivity contribution is 5.90. The molecule has 0 unspecified atom stereocenters. The van der Waals surface area contributed by atoms with E-state index < -0.39 is 0 Å². The first-order valence-corrected chi connectivity index (χ1v) is 10.0. The van der Waals surface area contributed by atoms with Crippen LogP contribution in [-0.4, -0.2) is 29.8 Å². The van der Waals surface area contributed by atoms with Gasteiger partial charge in [-0.25, -0.2) is 0 Å². The number of ether oxygens (including phenoxy) is 2. The first-order valence-electron chi connectivity index (χ1n) is 10.0. The van der Waals surface area contributed by atoms with Crippen LogP contribution in [0.15, 0.2) is 40.9 Å². The van der Waals surface area contributed by atoms with Gasteiger partial charge in [0.2, 0.25) is 17.6 Å². The Morgan fingerprint density at radius 1 is 1.10 bits per heavy atom. The fraction of sp³-hybridized carbons (Fsp3) is 0.348. The lowest BCUT2D eigenvalue weighted by atomic mass is 10.1. The number of carbonyl (C=O) groups is 1. The second-order valence-corrected chi connectivity index (χ2v) is 7.01. The van der Waals surface area contributed by atoms with E-state index >= 15 is 0 Å². The summed E-state index contributed by atoms with van der Waals surface area (Å²) in [6.07, 6.45) is 1.52. The fourth-order valence-corrected chi connectivity index (χ4v) is 3.00.